The van der Waals surface area contributed by atoms with Crippen molar-refractivity contribution < 1.29 is 37.0 Å². The first-order chi connectivity index (χ1) is 17.4. The normalized spacial score (nSPS) is 14.0. The Labute approximate surface area is 215 Å². The zero-order valence-electron chi connectivity index (χ0n) is 20.7. The van der Waals surface area contributed by atoms with E-state index in [2.05, 4.69) is 10.6 Å². The summed E-state index contributed by atoms with van der Waals surface area (Å²) < 4.78 is 50.5. The Balaban J connectivity index is 2.17. The molecule has 37 heavy (non-hydrogen) atoms. The third-order valence-electron chi connectivity index (χ3n) is 5.64. The van der Waals surface area contributed by atoms with Gasteiger partial charge in [0.2, 0.25) is 5.91 Å². The fourth-order valence-corrected chi connectivity index (χ4v) is 4.43. The molecule has 2 aromatic rings. The largest absolute Gasteiger partial charge is 0.465 e. The average molecular weight is 542 g/mol. The molecule has 9 nitrogen and oxygen atoms in total. The minimum Gasteiger partial charge on any atom is -0.465 e. The van der Waals surface area contributed by atoms with Crippen molar-refractivity contribution in [2.75, 3.05) is 18.6 Å². The van der Waals surface area contributed by atoms with Gasteiger partial charge in [-0.15, -0.1) is 0 Å². The number of benzene rings is 2. The number of halogens is 2. The Morgan fingerprint density at radius 3 is 2.24 bits per heavy atom. The topological polar surface area (TPSA) is 145 Å². The molecule has 0 aromatic heterocycles. The van der Waals surface area contributed by atoms with Gasteiger partial charge in [-0.3, -0.25) is 4.79 Å². The van der Waals surface area contributed by atoms with E-state index in [-0.39, 0.29) is 24.9 Å². The Morgan fingerprint density at radius 1 is 1.00 bits per heavy atom. The molecule has 0 fully saturated rings. The average Bonchev–Trinajstić information content (AvgIpc) is 2.80. The molecular formula is C25H33F2N3O6S. The van der Waals surface area contributed by atoms with Crippen LogP contribution < -0.4 is 16.0 Å². The molecule has 0 aliphatic rings. The molecule has 0 bridgehead atoms. The molecule has 12 heteroatoms. The van der Waals surface area contributed by atoms with E-state index in [9.17, 15) is 31.9 Å². The lowest BCUT2D eigenvalue weighted by Gasteiger charge is -2.27. The summed E-state index contributed by atoms with van der Waals surface area (Å²) in [6.07, 6.45) is -1.45. The van der Waals surface area contributed by atoms with Gasteiger partial charge in [-0.1, -0.05) is 31.2 Å². The maximum atomic E-state index is 13.7. The van der Waals surface area contributed by atoms with Crippen LogP contribution in [-0.2, 0) is 34.0 Å². The van der Waals surface area contributed by atoms with Crippen molar-refractivity contribution in [2.45, 2.75) is 50.9 Å². The van der Waals surface area contributed by atoms with Gasteiger partial charge in [-0.2, -0.15) is 0 Å². The van der Waals surface area contributed by atoms with Gasteiger partial charge in [-0.25, -0.2) is 22.0 Å². The van der Waals surface area contributed by atoms with Gasteiger partial charge in [0.15, 0.2) is 0 Å². The highest BCUT2D eigenvalue weighted by Crippen LogP contribution is 2.13. The molecule has 2 amide bonds. The molecule has 0 saturated carbocycles. The molecule has 0 aliphatic heterocycles. The van der Waals surface area contributed by atoms with E-state index in [0.717, 1.165) is 35.9 Å². The lowest BCUT2D eigenvalue weighted by molar-refractivity contribution is -0.124. The maximum absolute atomic E-state index is 13.7. The summed E-state index contributed by atoms with van der Waals surface area (Å²) in [5.74, 6) is -2.99. The third kappa shape index (κ3) is 11.2. The number of aliphatic hydroxyl groups is 1. The van der Waals surface area contributed by atoms with Crippen molar-refractivity contribution in [3.8, 4) is 0 Å². The molecular weight excluding hydrogens is 508 g/mol. The minimum absolute atomic E-state index is 0.000534. The molecule has 0 unspecified atom stereocenters. The molecule has 2 aromatic carbocycles. The lowest BCUT2D eigenvalue weighted by atomic mass is 9.99. The smallest absolute Gasteiger partial charge is 0.405 e. The van der Waals surface area contributed by atoms with Crippen LogP contribution in [0.3, 0.4) is 0 Å². The van der Waals surface area contributed by atoms with Crippen LogP contribution in [0.4, 0.5) is 13.6 Å². The molecule has 3 atom stereocenters. The number of carbonyl (C=O) groups is 2. The van der Waals surface area contributed by atoms with Crippen molar-refractivity contribution in [3.63, 3.8) is 0 Å². The van der Waals surface area contributed by atoms with Gasteiger partial charge in [0.25, 0.3) is 0 Å². The molecule has 0 radical (unpaired) electrons. The van der Waals surface area contributed by atoms with E-state index in [4.69, 9.17) is 5.11 Å². The molecule has 5 N–H and O–H groups in total. The second-order valence-corrected chi connectivity index (χ2v) is 11.1. The quantitative estimate of drug-likeness (QED) is 0.245. The first kappa shape index (κ1) is 30.1. The number of aryl methyl sites for hydroxylation is 1. The van der Waals surface area contributed by atoms with E-state index in [1.165, 1.54) is 0 Å². The standard InChI is InChI=1S/C25H33F2N3O6S/c1-3-16-5-4-6-17(9-16)14-28-15-23(31)22(12-18-10-19(26)13-20(27)11-18)29-24(32)21(30-25(33)34)7-8-37(2,35)36/h4-6,9-11,13,21-23,28,30-31H,3,7-8,12,14-15H2,1-2H3,(H,29,32)(H,33,34)/t21-,22+,23-/m1/s1. The summed E-state index contributed by atoms with van der Waals surface area (Å²) in [7, 11) is -3.49. The summed E-state index contributed by atoms with van der Waals surface area (Å²) in [5, 5.41) is 27.5. The Hall–Kier alpha value is -3.09. The zero-order valence-corrected chi connectivity index (χ0v) is 21.5. The van der Waals surface area contributed by atoms with Crippen LogP contribution in [0.5, 0.6) is 0 Å². The van der Waals surface area contributed by atoms with Gasteiger partial charge < -0.3 is 26.2 Å². The van der Waals surface area contributed by atoms with Gasteiger partial charge in [0, 0.05) is 25.4 Å². The second-order valence-electron chi connectivity index (χ2n) is 8.89. The highest BCUT2D eigenvalue weighted by atomic mass is 32.2. The fraction of sp³-hybridized carbons (Fsp3) is 0.440. The van der Waals surface area contributed by atoms with Crippen LogP contribution in [0.1, 0.15) is 30.0 Å². The number of rotatable bonds is 14. The van der Waals surface area contributed by atoms with E-state index in [1.54, 1.807) is 0 Å². The molecule has 0 spiro atoms. The van der Waals surface area contributed by atoms with Gasteiger partial charge in [0.1, 0.15) is 27.5 Å². The van der Waals surface area contributed by atoms with Gasteiger partial charge in [0.05, 0.1) is 17.9 Å². The number of hydrogen-bond donors (Lipinski definition) is 5. The van der Waals surface area contributed by atoms with Crippen LogP contribution in [0.25, 0.3) is 0 Å². The van der Waals surface area contributed by atoms with Crippen molar-refractivity contribution in [2.24, 2.45) is 0 Å². The van der Waals surface area contributed by atoms with E-state index >= 15 is 0 Å². The summed E-state index contributed by atoms with van der Waals surface area (Å²) in [6.45, 7) is 2.44. The van der Waals surface area contributed by atoms with Crippen LogP contribution in [0, 0.1) is 11.6 Å². The van der Waals surface area contributed by atoms with Crippen molar-refractivity contribution in [3.05, 3.63) is 70.8 Å². The number of nitrogens with one attached hydrogen (secondary N) is 3. The Kier molecular flexibility index (Phi) is 11.4. The number of hydrogen-bond acceptors (Lipinski definition) is 6. The summed E-state index contributed by atoms with van der Waals surface area (Å²) in [5.41, 5.74) is 2.28. The number of carboxylic acid groups (broad SMARTS) is 1. The van der Waals surface area contributed by atoms with E-state index in [1.807, 2.05) is 36.5 Å². The van der Waals surface area contributed by atoms with Crippen molar-refractivity contribution in [1.82, 2.24) is 16.0 Å². The second kappa shape index (κ2) is 14.0. The Bertz CT molecular complexity index is 1160. The SMILES string of the molecule is CCc1cccc(CNC[C@@H](O)[C@H](Cc2cc(F)cc(F)c2)NC(=O)[C@@H](CCS(C)(=O)=O)NC(=O)O)c1. The lowest BCUT2D eigenvalue weighted by Crippen LogP contribution is -2.55. The molecule has 2 rings (SSSR count). The van der Waals surface area contributed by atoms with Gasteiger partial charge >= 0.3 is 6.09 Å². The number of carbonyl (C=O) groups excluding carboxylic acids is 1. The third-order valence-corrected chi connectivity index (χ3v) is 6.62. The van der Waals surface area contributed by atoms with E-state index in [0.29, 0.717) is 12.6 Å². The first-order valence-corrected chi connectivity index (χ1v) is 13.8. The summed E-state index contributed by atoms with van der Waals surface area (Å²) >= 11 is 0. The zero-order chi connectivity index (χ0) is 27.6. The van der Waals surface area contributed by atoms with Crippen LogP contribution >= 0.6 is 0 Å². The summed E-state index contributed by atoms with van der Waals surface area (Å²) in [6, 6.07) is 8.17. The molecule has 0 aliphatic carbocycles. The number of aliphatic hydroxyl groups excluding tert-OH is 1. The monoisotopic (exact) mass is 541 g/mol. The Morgan fingerprint density at radius 2 is 1.65 bits per heavy atom. The van der Waals surface area contributed by atoms with E-state index < -0.39 is 57.4 Å². The summed E-state index contributed by atoms with van der Waals surface area (Å²) in [4.78, 5) is 24.1. The minimum atomic E-state index is -3.49. The number of sulfone groups is 1. The van der Waals surface area contributed by atoms with Crippen LogP contribution in [0.2, 0.25) is 0 Å². The molecule has 204 valence electrons. The predicted octanol–water partition coefficient (Wildman–Crippen LogP) is 1.78. The van der Waals surface area contributed by atoms with Crippen molar-refractivity contribution in [1.29, 1.82) is 0 Å². The number of amides is 2. The molecule has 0 heterocycles. The van der Waals surface area contributed by atoms with Gasteiger partial charge in [-0.05, 0) is 48.1 Å². The fourth-order valence-electron chi connectivity index (χ4n) is 3.77. The predicted molar refractivity (Wildman–Crippen MR) is 135 cm³/mol. The van der Waals surface area contributed by atoms with Crippen LogP contribution in [-0.4, -0.2) is 67.4 Å². The first-order valence-electron chi connectivity index (χ1n) is 11.8. The van der Waals surface area contributed by atoms with Crippen LogP contribution in [0.15, 0.2) is 42.5 Å². The highest BCUT2D eigenvalue weighted by molar-refractivity contribution is 7.90. The van der Waals surface area contributed by atoms with Crippen molar-refractivity contribution >= 4 is 21.8 Å². The maximum Gasteiger partial charge on any atom is 0.405 e. The highest BCUT2D eigenvalue weighted by Gasteiger charge is 2.28. The molecule has 0 saturated heterocycles.